The van der Waals surface area contributed by atoms with Crippen molar-refractivity contribution in [1.82, 2.24) is 9.97 Å². The summed E-state index contributed by atoms with van der Waals surface area (Å²) in [5.74, 6) is 2.34. The highest BCUT2D eigenvalue weighted by Gasteiger charge is 2.16. The number of hydrogen-bond donors (Lipinski definition) is 1. The molecule has 2 N–H and O–H groups in total. The molecule has 1 aliphatic heterocycles. The van der Waals surface area contributed by atoms with Crippen molar-refractivity contribution in [2.45, 2.75) is 0 Å². The lowest BCUT2D eigenvalue weighted by atomic mass is 10.3. The fraction of sp³-hybridized carbons (Fsp3) is 0.167. The van der Waals surface area contributed by atoms with Crippen LogP contribution < -0.4 is 24.7 Å². The molecule has 0 atom stereocenters. The van der Waals surface area contributed by atoms with E-state index in [1.807, 2.05) is 0 Å². The van der Waals surface area contributed by atoms with Crippen molar-refractivity contribution in [2.24, 2.45) is 0 Å². The molecule has 1 aromatic carbocycles. The van der Waals surface area contributed by atoms with Crippen molar-refractivity contribution in [3.8, 4) is 29.0 Å². The SMILES string of the molecule is COc1ncnc(Oc2ccc3c(c2)OCO3)c1N. The number of nitrogen functional groups attached to an aromatic ring is 1. The lowest BCUT2D eigenvalue weighted by molar-refractivity contribution is 0.174. The van der Waals surface area contributed by atoms with E-state index in [2.05, 4.69) is 9.97 Å². The van der Waals surface area contributed by atoms with Crippen molar-refractivity contribution >= 4 is 5.69 Å². The van der Waals surface area contributed by atoms with Gasteiger partial charge in [-0.25, -0.2) is 0 Å². The monoisotopic (exact) mass is 261 g/mol. The molecule has 1 aromatic heterocycles. The first kappa shape index (κ1) is 11.4. The Morgan fingerprint density at radius 2 is 1.95 bits per heavy atom. The summed E-state index contributed by atoms with van der Waals surface area (Å²) in [6.07, 6.45) is 1.32. The number of anilines is 1. The summed E-state index contributed by atoms with van der Waals surface area (Å²) < 4.78 is 21.1. The van der Waals surface area contributed by atoms with Crippen LogP contribution in [0.25, 0.3) is 0 Å². The predicted octanol–water partition coefficient (Wildman–Crippen LogP) is 1.59. The molecule has 0 fully saturated rings. The predicted molar refractivity (Wildman–Crippen MR) is 65.6 cm³/mol. The van der Waals surface area contributed by atoms with E-state index in [9.17, 15) is 0 Å². The van der Waals surface area contributed by atoms with Gasteiger partial charge >= 0.3 is 0 Å². The Balaban J connectivity index is 1.89. The number of benzene rings is 1. The molecule has 2 heterocycles. The molecule has 19 heavy (non-hydrogen) atoms. The maximum Gasteiger partial charge on any atom is 0.249 e. The standard InChI is InChI=1S/C12H11N3O4/c1-16-11-10(13)12(15-5-14-11)19-7-2-3-8-9(4-7)18-6-17-8/h2-5H,6,13H2,1H3. The van der Waals surface area contributed by atoms with Crippen molar-refractivity contribution in [1.29, 1.82) is 0 Å². The molecule has 98 valence electrons. The fourth-order valence-electron chi connectivity index (χ4n) is 1.66. The molecule has 0 radical (unpaired) electrons. The van der Waals surface area contributed by atoms with Gasteiger partial charge in [-0.1, -0.05) is 0 Å². The van der Waals surface area contributed by atoms with Gasteiger partial charge in [0.1, 0.15) is 12.1 Å². The van der Waals surface area contributed by atoms with E-state index in [1.165, 1.54) is 13.4 Å². The number of methoxy groups -OCH3 is 1. The van der Waals surface area contributed by atoms with Crippen LogP contribution in [0.15, 0.2) is 24.5 Å². The third kappa shape index (κ3) is 2.05. The largest absolute Gasteiger partial charge is 0.479 e. The number of hydrogen-bond acceptors (Lipinski definition) is 7. The highest BCUT2D eigenvalue weighted by molar-refractivity contribution is 5.57. The molecule has 0 saturated carbocycles. The average molecular weight is 261 g/mol. The van der Waals surface area contributed by atoms with Crippen LogP contribution in [0.4, 0.5) is 5.69 Å². The van der Waals surface area contributed by atoms with Crippen molar-refractivity contribution < 1.29 is 18.9 Å². The van der Waals surface area contributed by atoms with Crippen LogP contribution in [0, 0.1) is 0 Å². The van der Waals surface area contributed by atoms with E-state index in [-0.39, 0.29) is 24.2 Å². The lowest BCUT2D eigenvalue weighted by Gasteiger charge is -2.09. The molecule has 0 aliphatic carbocycles. The van der Waals surface area contributed by atoms with Crippen molar-refractivity contribution in [3.63, 3.8) is 0 Å². The van der Waals surface area contributed by atoms with Gasteiger partial charge in [0, 0.05) is 6.07 Å². The Bertz CT molecular complexity index is 618. The first-order valence-electron chi connectivity index (χ1n) is 5.50. The van der Waals surface area contributed by atoms with Crippen LogP contribution in [0.2, 0.25) is 0 Å². The second-order valence-electron chi connectivity index (χ2n) is 3.72. The van der Waals surface area contributed by atoms with Gasteiger partial charge in [0.05, 0.1) is 7.11 Å². The van der Waals surface area contributed by atoms with Gasteiger partial charge in [-0.2, -0.15) is 9.97 Å². The maximum absolute atomic E-state index is 5.82. The molecule has 0 saturated heterocycles. The summed E-state index contributed by atoms with van der Waals surface area (Å²) in [4.78, 5) is 7.84. The Labute approximate surface area is 108 Å². The molecular weight excluding hydrogens is 250 g/mol. The van der Waals surface area contributed by atoms with Gasteiger partial charge < -0.3 is 24.7 Å². The van der Waals surface area contributed by atoms with E-state index in [0.29, 0.717) is 17.2 Å². The lowest BCUT2D eigenvalue weighted by Crippen LogP contribution is -2.00. The quantitative estimate of drug-likeness (QED) is 0.897. The third-order valence-electron chi connectivity index (χ3n) is 2.56. The number of rotatable bonds is 3. The van der Waals surface area contributed by atoms with Crippen LogP contribution >= 0.6 is 0 Å². The number of nitrogens with two attached hydrogens (primary N) is 1. The average Bonchev–Trinajstić information content (AvgIpc) is 2.88. The van der Waals surface area contributed by atoms with Crippen LogP contribution in [0.5, 0.6) is 29.0 Å². The van der Waals surface area contributed by atoms with Gasteiger partial charge in [-0.05, 0) is 12.1 Å². The fourth-order valence-corrected chi connectivity index (χ4v) is 1.66. The topological polar surface area (TPSA) is 88.7 Å². The first-order chi connectivity index (χ1) is 9.28. The van der Waals surface area contributed by atoms with Crippen molar-refractivity contribution in [2.75, 3.05) is 19.6 Å². The van der Waals surface area contributed by atoms with Crippen LogP contribution in [0.3, 0.4) is 0 Å². The number of fused-ring (bicyclic) bond motifs is 1. The number of nitrogens with zero attached hydrogens (tertiary/aromatic N) is 2. The maximum atomic E-state index is 5.82. The summed E-state index contributed by atoms with van der Waals surface area (Å²) in [5.41, 5.74) is 6.06. The Morgan fingerprint density at radius 3 is 2.79 bits per heavy atom. The second kappa shape index (κ2) is 4.52. The summed E-state index contributed by atoms with van der Waals surface area (Å²) >= 11 is 0. The van der Waals surface area contributed by atoms with Gasteiger partial charge in [0.25, 0.3) is 0 Å². The molecule has 3 rings (SSSR count). The van der Waals surface area contributed by atoms with E-state index >= 15 is 0 Å². The molecule has 0 spiro atoms. The summed E-state index contributed by atoms with van der Waals surface area (Å²) in [6, 6.07) is 5.20. The molecule has 1 aliphatic rings. The molecule has 0 unspecified atom stereocenters. The summed E-state index contributed by atoms with van der Waals surface area (Å²) in [5, 5.41) is 0. The smallest absolute Gasteiger partial charge is 0.249 e. The molecule has 7 nitrogen and oxygen atoms in total. The minimum Gasteiger partial charge on any atom is -0.479 e. The van der Waals surface area contributed by atoms with Crippen LogP contribution in [-0.2, 0) is 0 Å². The highest BCUT2D eigenvalue weighted by atomic mass is 16.7. The summed E-state index contributed by atoms with van der Waals surface area (Å²) in [7, 11) is 1.48. The van der Waals surface area contributed by atoms with Crippen LogP contribution in [-0.4, -0.2) is 23.9 Å². The molecule has 2 aromatic rings. The zero-order valence-corrected chi connectivity index (χ0v) is 10.1. The highest BCUT2D eigenvalue weighted by Crippen LogP contribution is 2.37. The minimum absolute atomic E-state index is 0.211. The normalized spacial score (nSPS) is 12.3. The van der Waals surface area contributed by atoms with Gasteiger partial charge in [-0.3, -0.25) is 0 Å². The van der Waals surface area contributed by atoms with E-state index in [0.717, 1.165) is 0 Å². The molecule has 7 heteroatoms. The Hall–Kier alpha value is -2.70. The van der Waals surface area contributed by atoms with Crippen molar-refractivity contribution in [3.05, 3.63) is 24.5 Å². The molecule has 0 amide bonds. The van der Waals surface area contributed by atoms with Crippen LogP contribution in [0.1, 0.15) is 0 Å². The second-order valence-corrected chi connectivity index (χ2v) is 3.72. The third-order valence-corrected chi connectivity index (χ3v) is 2.56. The summed E-state index contributed by atoms with van der Waals surface area (Å²) in [6.45, 7) is 0.211. The Morgan fingerprint density at radius 1 is 1.16 bits per heavy atom. The minimum atomic E-state index is 0.211. The van der Waals surface area contributed by atoms with Gasteiger partial charge in [-0.15, -0.1) is 0 Å². The van der Waals surface area contributed by atoms with Gasteiger partial charge in [0.15, 0.2) is 17.2 Å². The molecule has 0 bridgehead atoms. The zero-order valence-electron chi connectivity index (χ0n) is 10.1. The van der Waals surface area contributed by atoms with Gasteiger partial charge in [0.2, 0.25) is 18.6 Å². The van der Waals surface area contributed by atoms with E-state index < -0.39 is 0 Å². The van der Waals surface area contributed by atoms with E-state index in [4.69, 9.17) is 24.7 Å². The van der Waals surface area contributed by atoms with E-state index in [1.54, 1.807) is 18.2 Å². The first-order valence-corrected chi connectivity index (χ1v) is 5.50. The number of ether oxygens (including phenoxy) is 4. The molecular formula is C12H11N3O4. The Kier molecular flexibility index (Phi) is 2.71. The zero-order chi connectivity index (χ0) is 13.2. The number of aromatic nitrogens is 2.